The maximum absolute atomic E-state index is 7.62. The van der Waals surface area contributed by atoms with Gasteiger partial charge in [0.25, 0.3) is 0 Å². The molecule has 0 saturated heterocycles. The molecule has 0 saturated carbocycles. The van der Waals surface area contributed by atoms with Gasteiger partial charge < -0.3 is 10.2 Å². The minimum atomic E-state index is -0.125. The van der Waals surface area contributed by atoms with E-state index in [-0.39, 0.29) is 37.6 Å². The standard InChI is InChI=1S/C2H6O2.Sb/c3-1-2-4;/h3-4H,1-2H2;. The largest absolute Gasteiger partial charge is 0.394 e. The molecule has 0 aliphatic rings. The molecular formula is C2H6O2Sb. The van der Waals surface area contributed by atoms with Crippen LogP contribution in [0.5, 0.6) is 0 Å². The van der Waals surface area contributed by atoms with Crippen LogP contribution in [0.15, 0.2) is 0 Å². The van der Waals surface area contributed by atoms with E-state index in [2.05, 4.69) is 0 Å². The monoisotopic (exact) mass is 183 g/mol. The second-order valence-corrected chi connectivity index (χ2v) is 0.447. The number of aliphatic hydroxyl groups excluding tert-OH is 2. The van der Waals surface area contributed by atoms with Crippen molar-refractivity contribution in [1.29, 1.82) is 0 Å². The Kier molecular flexibility index (Phi) is 16.3. The van der Waals surface area contributed by atoms with Gasteiger partial charge >= 0.3 is 0 Å². The van der Waals surface area contributed by atoms with Crippen LogP contribution < -0.4 is 0 Å². The summed E-state index contributed by atoms with van der Waals surface area (Å²) in [5.74, 6) is 0. The van der Waals surface area contributed by atoms with Crippen molar-refractivity contribution >= 4 is 24.4 Å². The van der Waals surface area contributed by atoms with Crippen molar-refractivity contribution < 1.29 is 10.2 Å². The average molecular weight is 184 g/mol. The predicted octanol–water partition coefficient (Wildman–Crippen LogP) is -1.41. The molecule has 0 unspecified atom stereocenters. The molecule has 0 aromatic rings. The van der Waals surface area contributed by atoms with Crippen molar-refractivity contribution in [3.8, 4) is 0 Å². The van der Waals surface area contributed by atoms with E-state index in [1.807, 2.05) is 0 Å². The molecule has 2 N–H and O–H groups in total. The first kappa shape index (κ1) is 9.22. The smallest absolute Gasteiger partial charge is 0.0662 e. The van der Waals surface area contributed by atoms with Crippen LogP contribution in [-0.2, 0) is 0 Å². The van der Waals surface area contributed by atoms with Crippen molar-refractivity contribution in [3.05, 3.63) is 0 Å². The van der Waals surface area contributed by atoms with E-state index in [9.17, 15) is 0 Å². The quantitative estimate of drug-likeness (QED) is 0.491. The molecule has 0 atom stereocenters. The van der Waals surface area contributed by atoms with Gasteiger partial charge in [0.2, 0.25) is 0 Å². The average Bonchev–Trinajstić information content (AvgIpc) is 1.37. The van der Waals surface area contributed by atoms with E-state index >= 15 is 0 Å². The third-order valence-electron chi connectivity index (χ3n) is 0.1000. The minimum absolute atomic E-state index is 0. The van der Waals surface area contributed by atoms with Crippen LogP contribution >= 0.6 is 0 Å². The zero-order valence-electron chi connectivity index (χ0n) is 2.76. The molecule has 2 nitrogen and oxygen atoms in total. The van der Waals surface area contributed by atoms with Gasteiger partial charge in [0.1, 0.15) is 0 Å². The number of aliphatic hydroxyl groups is 2. The Morgan fingerprint density at radius 3 is 1.20 bits per heavy atom. The third-order valence-corrected chi connectivity index (χ3v) is 0.1000. The molecule has 3 radical (unpaired) electrons. The fourth-order valence-corrected chi connectivity index (χ4v) is 0. The van der Waals surface area contributed by atoms with Gasteiger partial charge in [0, 0.05) is 24.4 Å². The SMILES string of the molecule is OCCO.[Sb]. The first-order valence-electron chi connectivity index (χ1n) is 1.13. The van der Waals surface area contributed by atoms with Gasteiger partial charge in [-0.2, -0.15) is 0 Å². The zero-order chi connectivity index (χ0) is 3.41. The van der Waals surface area contributed by atoms with Gasteiger partial charge in [-0.15, -0.1) is 0 Å². The molecule has 0 heterocycles. The second kappa shape index (κ2) is 8.83. The molecule has 0 aliphatic heterocycles. The topological polar surface area (TPSA) is 40.5 Å². The van der Waals surface area contributed by atoms with Crippen LogP contribution in [0.2, 0.25) is 0 Å². The zero-order valence-corrected chi connectivity index (χ0v) is 5.31. The van der Waals surface area contributed by atoms with Crippen molar-refractivity contribution in [2.75, 3.05) is 13.2 Å². The Hall–Kier alpha value is 0.738. The van der Waals surface area contributed by atoms with Gasteiger partial charge in [-0.25, -0.2) is 0 Å². The molecule has 0 rings (SSSR count). The van der Waals surface area contributed by atoms with E-state index in [1.165, 1.54) is 0 Å². The maximum Gasteiger partial charge on any atom is 0.0662 e. The fraction of sp³-hybridized carbons (Fsp3) is 1.00. The van der Waals surface area contributed by atoms with E-state index in [0.717, 1.165) is 0 Å². The van der Waals surface area contributed by atoms with Crippen molar-refractivity contribution in [1.82, 2.24) is 0 Å². The molecule has 0 fully saturated rings. The van der Waals surface area contributed by atoms with Crippen LogP contribution in [0.4, 0.5) is 0 Å². The summed E-state index contributed by atoms with van der Waals surface area (Å²) in [4.78, 5) is 0. The predicted molar refractivity (Wildman–Crippen MR) is 19.9 cm³/mol. The van der Waals surface area contributed by atoms with E-state index in [1.54, 1.807) is 0 Å². The molecule has 0 bridgehead atoms. The Morgan fingerprint density at radius 1 is 1.00 bits per heavy atom. The molecule has 0 aliphatic carbocycles. The molecule has 0 aromatic heterocycles. The normalized spacial score (nSPS) is 6.00. The first-order valence-corrected chi connectivity index (χ1v) is 1.13. The van der Waals surface area contributed by atoms with E-state index < -0.39 is 0 Å². The Labute approximate surface area is 48.3 Å². The van der Waals surface area contributed by atoms with Crippen LogP contribution in [0, 0.1) is 0 Å². The number of hydrogen-bond acceptors (Lipinski definition) is 2. The Balaban J connectivity index is 0. The third kappa shape index (κ3) is 11.8. The van der Waals surface area contributed by atoms with Crippen LogP contribution in [-0.4, -0.2) is 47.9 Å². The Morgan fingerprint density at radius 2 is 1.20 bits per heavy atom. The van der Waals surface area contributed by atoms with Crippen LogP contribution in [0.3, 0.4) is 0 Å². The summed E-state index contributed by atoms with van der Waals surface area (Å²) in [5, 5.41) is 15.2. The van der Waals surface area contributed by atoms with E-state index in [0.29, 0.717) is 0 Å². The van der Waals surface area contributed by atoms with Crippen LogP contribution in [0.25, 0.3) is 0 Å². The molecule has 0 aromatic carbocycles. The molecule has 0 spiro atoms. The summed E-state index contributed by atoms with van der Waals surface area (Å²) in [7, 11) is 0. The van der Waals surface area contributed by atoms with Crippen molar-refractivity contribution in [3.63, 3.8) is 0 Å². The van der Waals surface area contributed by atoms with Gasteiger partial charge in [0.15, 0.2) is 0 Å². The molecular weight excluding hydrogens is 178 g/mol. The molecule has 0 amide bonds. The molecule has 31 valence electrons. The maximum atomic E-state index is 7.62. The van der Waals surface area contributed by atoms with Gasteiger partial charge in [-0.1, -0.05) is 0 Å². The molecule has 3 heteroatoms. The second-order valence-electron chi connectivity index (χ2n) is 0.447. The van der Waals surface area contributed by atoms with E-state index in [4.69, 9.17) is 10.2 Å². The number of rotatable bonds is 1. The van der Waals surface area contributed by atoms with Gasteiger partial charge in [0.05, 0.1) is 13.2 Å². The summed E-state index contributed by atoms with van der Waals surface area (Å²) < 4.78 is 0. The molecule has 5 heavy (non-hydrogen) atoms. The summed E-state index contributed by atoms with van der Waals surface area (Å²) in [5.41, 5.74) is 0. The van der Waals surface area contributed by atoms with Gasteiger partial charge in [-0.3, -0.25) is 0 Å². The first-order chi connectivity index (χ1) is 1.91. The van der Waals surface area contributed by atoms with Crippen LogP contribution in [0.1, 0.15) is 0 Å². The Bertz CT molecular complexity index is 9.61. The summed E-state index contributed by atoms with van der Waals surface area (Å²) in [6.07, 6.45) is 0. The minimum Gasteiger partial charge on any atom is -0.394 e. The van der Waals surface area contributed by atoms with Crippen molar-refractivity contribution in [2.45, 2.75) is 0 Å². The fourth-order valence-electron chi connectivity index (χ4n) is 0. The summed E-state index contributed by atoms with van der Waals surface area (Å²) in [6, 6.07) is 0. The summed E-state index contributed by atoms with van der Waals surface area (Å²) in [6.45, 7) is -0.250. The van der Waals surface area contributed by atoms with Gasteiger partial charge in [-0.05, 0) is 0 Å². The summed E-state index contributed by atoms with van der Waals surface area (Å²) >= 11 is 0. The van der Waals surface area contributed by atoms with Crippen molar-refractivity contribution in [2.24, 2.45) is 0 Å². The number of hydrogen-bond donors (Lipinski definition) is 2.